The molecule has 7 heteroatoms. The van der Waals surface area contributed by atoms with Crippen molar-refractivity contribution >= 4 is 23.2 Å². The second kappa shape index (κ2) is 5.38. The molecule has 104 valence electrons. The molecule has 1 aromatic rings. The second-order valence-corrected chi connectivity index (χ2v) is 4.62. The van der Waals surface area contributed by atoms with Gasteiger partial charge >= 0.3 is 6.18 Å². The zero-order valence-corrected chi connectivity index (χ0v) is 10.5. The number of carbonyl (C=O) groups is 1. The Morgan fingerprint density at radius 2 is 2.16 bits per heavy atom. The number of halogens is 4. The number of carbonyl (C=O) groups excluding carboxylic acids is 1. The predicted octanol–water partition coefficient (Wildman–Crippen LogP) is 3.48. The SMILES string of the molecule is O=C(Nc1ccc(Cl)cc1C(F)(F)F)C1CCCO1. The first-order valence-electron chi connectivity index (χ1n) is 5.67. The van der Waals surface area contributed by atoms with E-state index in [2.05, 4.69) is 5.32 Å². The fourth-order valence-electron chi connectivity index (χ4n) is 1.86. The summed E-state index contributed by atoms with van der Waals surface area (Å²) in [6, 6.07) is 3.21. The molecule has 0 aromatic heterocycles. The van der Waals surface area contributed by atoms with Crippen LogP contribution in [0.1, 0.15) is 18.4 Å². The van der Waals surface area contributed by atoms with Crippen molar-refractivity contribution in [2.24, 2.45) is 0 Å². The number of nitrogens with one attached hydrogen (secondary N) is 1. The highest BCUT2D eigenvalue weighted by Gasteiger charge is 2.35. The van der Waals surface area contributed by atoms with E-state index in [-0.39, 0.29) is 10.7 Å². The molecule has 1 N–H and O–H groups in total. The molecule has 1 amide bonds. The smallest absolute Gasteiger partial charge is 0.368 e. The number of alkyl halides is 3. The van der Waals surface area contributed by atoms with Gasteiger partial charge in [0.15, 0.2) is 0 Å². The Kier molecular flexibility index (Phi) is 4.01. The van der Waals surface area contributed by atoms with Crippen LogP contribution in [0.15, 0.2) is 18.2 Å². The van der Waals surface area contributed by atoms with Crippen molar-refractivity contribution in [3.63, 3.8) is 0 Å². The van der Waals surface area contributed by atoms with Crippen LogP contribution in [0.4, 0.5) is 18.9 Å². The van der Waals surface area contributed by atoms with E-state index in [0.717, 1.165) is 18.6 Å². The number of amides is 1. The first-order valence-corrected chi connectivity index (χ1v) is 6.05. The van der Waals surface area contributed by atoms with Crippen molar-refractivity contribution in [3.8, 4) is 0 Å². The maximum Gasteiger partial charge on any atom is 0.418 e. The van der Waals surface area contributed by atoms with Crippen LogP contribution in [-0.4, -0.2) is 18.6 Å². The molecule has 3 nitrogen and oxygen atoms in total. The quantitative estimate of drug-likeness (QED) is 0.906. The van der Waals surface area contributed by atoms with Gasteiger partial charge in [0.2, 0.25) is 0 Å². The third kappa shape index (κ3) is 3.39. The lowest BCUT2D eigenvalue weighted by Gasteiger charge is -2.16. The number of benzene rings is 1. The van der Waals surface area contributed by atoms with Gasteiger partial charge in [0.05, 0.1) is 11.3 Å². The van der Waals surface area contributed by atoms with Crippen molar-refractivity contribution in [2.45, 2.75) is 25.1 Å². The van der Waals surface area contributed by atoms with E-state index in [1.807, 2.05) is 0 Å². The largest absolute Gasteiger partial charge is 0.418 e. The Hall–Kier alpha value is -1.27. The van der Waals surface area contributed by atoms with Crippen LogP contribution >= 0.6 is 11.6 Å². The van der Waals surface area contributed by atoms with Gasteiger partial charge < -0.3 is 10.1 Å². The van der Waals surface area contributed by atoms with Crippen LogP contribution in [-0.2, 0) is 15.7 Å². The maximum absolute atomic E-state index is 12.8. The molecule has 1 unspecified atom stereocenters. The molecule has 2 rings (SSSR count). The van der Waals surface area contributed by atoms with E-state index in [4.69, 9.17) is 16.3 Å². The van der Waals surface area contributed by atoms with E-state index >= 15 is 0 Å². The van der Waals surface area contributed by atoms with E-state index in [1.54, 1.807) is 0 Å². The van der Waals surface area contributed by atoms with Gasteiger partial charge in [-0.2, -0.15) is 13.2 Å². The number of hydrogen-bond acceptors (Lipinski definition) is 2. The van der Waals surface area contributed by atoms with Crippen LogP contribution in [0.2, 0.25) is 5.02 Å². The summed E-state index contributed by atoms with van der Waals surface area (Å²) in [5, 5.41) is 2.20. The minimum absolute atomic E-state index is 0.0394. The molecule has 0 aliphatic carbocycles. The molecule has 1 aromatic carbocycles. The van der Waals surface area contributed by atoms with E-state index < -0.39 is 23.8 Å². The van der Waals surface area contributed by atoms with Gasteiger partial charge in [0.1, 0.15) is 6.10 Å². The average Bonchev–Trinajstić information content (AvgIpc) is 2.83. The van der Waals surface area contributed by atoms with Crippen LogP contribution in [0.5, 0.6) is 0 Å². The lowest BCUT2D eigenvalue weighted by atomic mass is 10.1. The molecule has 1 atom stereocenters. The zero-order valence-electron chi connectivity index (χ0n) is 9.76. The van der Waals surface area contributed by atoms with Crippen LogP contribution in [0.25, 0.3) is 0 Å². The van der Waals surface area contributed by atoms with Gasteiger partial charge in [-0.25, -0.2) is 0 Å². The normalized spacial score (nSPS) is 19.5. The minimum Gasteiger partial charge on any atom is -0.368 e. The Morgan fingerprint density at radius 1 is 1.42 bits per heavy atom. The summed E-state index contributed by atoms with van der Waals surface area (Å²) in [7, 11) is 0. The van der Waals surface area contributed by atoms with Crippen molar-refractivity contribution in [1.82, 2.24) is 0 Å². The van der Waals surface area contributed by atoms with Crippen molar-refractivity contribution in [1.29, 1.82) is 0 Å². The number of anilines is 1. The third-order valence-corrected chi connectivity index (χ3v) is 3.00. The average molecular weight is 294 g/mol. The monoisotopic (exact) mass is 293 g/mol. The summed E-state index contributed by atoms with van der Waals surface area (Å²) in [6.07, 6.45) is -4.02. The highest BCUT2D eigenvalue weighted by atomic mass is 35.5. The summed E-state index contributed by atoms with van der Waals surface area (Å²) in [4.78, 5) is 11.7. The summed E-state index contributed by atoms with van der Waals surface area (Å²) in [5.41, 5.74) is -1.27. The molecule has 0 radical (unpaired) electrons. The summed E-state index contributed by atoms with van der Waals surface area (Å²) in [5.74, 6) is -0.565. The fraction of sp³-hybridized carbons (Fsp3) is 0.417. The molecule has 0 spiro atoms. The third-order valence-electron chi connectivity index (χ3n) is 2.77. The maximum atomic E-state index is 12.8. The van der Waals surface area contributed by atoms with Gasteiger partial charge in [-0.15, -0.1) is 0 Å². The molecule has 1 saturated heterocycles. The van der Waals surface area contributed by atoms with E-state index in [9.17, 15) is 18.0 Å². The van der Waals surface area contributed by atoms with Crippen molar-refractivity contribution in [3.05, 3.63) is 28.8 Å². The lowest BCUT2D eigenvalue weighted by molar-refractivity contribution is -0.137. The van der Waals surface area contributed by atoms with E-state index in [1.165, 1.54) is 6.07 Å². The number of rotatable bonds is 2. The van der Waals surface area contributed by atoms with Gasteiger partial charge in [-0.3, -0.25) is 4.79 Å². The fourth-order valence-corrected chi connectivity index (χ4v) is 2.03. The minimum atomic E-state index is -4.58. The summed E-state index contributed by atoms with van der Waals surface area (Å²) < 4.78 is 43.6. The number of ether oxygens (including phenoxy) is 1. The Balaban J connectivity index is 2.22. The molecule has 19 heavy (non-hydrogen) atoms. The van der Waals surface area contributed by atoms with Gasteiger partial charge in [0, 0.05) is 11.6 Å². The molecule has 0 saturated carbocycles. The molecule has 1 aliphatic heterocycles. The molecular weight excluding hydrogens is 283 g/mol. The zero-order chi connectivity index (χ0) is 14.0. The standard InChI is InChI=1S/C12H11ClF3NO2/c13-7-3-4-9(8(6-7)12(14,15)16)17-11(18)10-2-1-5-19-10/h3-4,6,10H,1-2,5H2,(H,17,18). The Labute approximate surface area is 112 Å². The number of hydrogen-bond donors (Lipinski definition) is 1. The first-order chi connectivity index (χ1) is 8.88. The highest BCUT2D eigenvalue weighted by molar-refractivity contribution is 6.30. The van der Waals surface area contributed by atoms with Gasteiger partial charge in [0.25, 0.3) is 5.91 Å². The predicted molar refractivity (Wildman–Crippen MR) is 64.1 cm³/mol. The van der Waals surface area contributed by atoms with Crippen LogP contribution < -0.4 is 5.32 Å². The lowest BCUT2D eigenvalue weighted by Crippen LogP contribution is -2.28. The second-order valence-electron chi connectivity index (χ2n) is 4.18. The Bertz CT molecular complexity index is 484. The van der Waals surface area contributed by atoms with E-state index in [0.29, 0.717) is 13.0 Å². The Morgan fingerprint density at radius 3 is 2.74 bits per heavy atom. The molecule has 1 heterocycles. The first kappa shape index (κ1) is 14.1. The van der Waals surface area contributed by atoms with Crippen molar-refractivity contribution in [2.75, 3.05) is 11.9 Å². The topological polar surface area (TPSA) is 38.3 Å². The van der Waals surface area contributed by atoms with Crippen molar-refractivity contribution < 1.29 is 22.7 Å². The van der Waals surface area contributed by atoms with Gasteiger partial charge in [-0.1, -0.05) is 11.6 Å². The highest BCUT2D eigenvalue weighted by Crippen LogP contribution is 2.36. The molecule has 1 fully saturated rings. The summed E-state index contributed by atoms with van der Waals surface area (Å²) in [6.45, 7) is 0.449. The molecule has 1 aliphatic rings. The molecular formula is C12H11ClF3NO2. The summed E-state index contributed by atoms with van der Waals surface area (Å²) >= 11 is 5.55. The van der Waals surface area contributed by atoms with Gasteiger partial charge in [-0.05, 0) is 31.0 Å². The molecule has 0 bridgehead atoms. The van der Waals surface area contributed by atoms with Crippen LogP contribution in [0.3, 0.4) is 0 Å². The van der Waals surface area contributed by atoms with Crippen LogP contribution in [0, 0.1) is 0 Å².